The van der Waals surface area contributed by atoms with Crippen molar-refractivity contribution in [1.29, 1.82) is 0 Å². The molecule has 0 saturated heterocycles. The molecular formula is C20H15ClFN5O2. The zero-order valence-electron chi connectivity index (χ0n) is 15.0. The number of hydrogen-bond donors (Lipinski definition) is 1. The van der Waals surface area contributed by atoms with Gasteiger partial charge in [0, 0.05) is 11.6 Å². The first-order valence-electron chi connectivity index (χ1n) is 8.72. The molecule has 2 aromatic heterocycles. The van der Waals surface area contributed by atoms with Crippen molar-refractivity contribution in [3.63, 3.8) is 0 Å². The summed E-state index contributed by atoms with van der Waals surface area (Å²) in [7, 11) is 0. The Morgan fingerprint density at radius 3 is 2.66 bits per heavy atom. The van der Waals surface area contributed by atoms with E-state index in [1.165, 1.54) is 46.0 Å². The van der Waals surface area contributed by atoms with Gasteiger partial charge in [0.15, 0.2) is 5.65 Å². The van der Waals surface area contributed by atoms with E-state index in [9.17, 15) is 14.0 Å². The minimum atomic E-state index is -0.392. The number of carbonyl (C=O) groups is 1. The van der Waals surface area contributed by atoms with Crippen LogP contribution in [0.5, 0.6) is 0 Å². The number of halogens is 2. The summed E-state index contributed by atoms with van der Waals surface area (Å²) >= 11 is 6.07. The highest BCUT2D eigenvalue weighted by atomic mass is 35.5. The molecular weight excluding hydrogens is 397 g/mol. The average Bonchev–Trinajstić information content (AvgIpc) is 3.15. The first-order valence-corrected chi connectivity index (χ1v) is 9.10. The van der Waals surface area contributed by atoms with E-state index in [2.05, 4.69) is 15.4 Å². The fourth-order valence-electron chi connectivity index (χ4n) is 2.88. The van der Waals surface area contributed by atoms with Gasteiger partial charge in [0.25, 0.3) is 5.56 Å². The lowest BCUT2D eigenvalue weighted by molar-refractivity contribution is -0.121. The van der Waals surface area contributed by atoms with Crippen LogP contribution in [0.25, 0.3) is 16.7 Å². The number of nitrogens with zero attached hydrogens (tertiary/aromatic N) is 4. The van der Waals surface area contributed by atoms with E-state index < -0.39 is 5.56 Å². The van der Waals surface area contributed by atoms with Crippen LogP contribution in [0.3, 0.4) is 0 Å². The number of carbonyl (C=O) groups excluding carboxylic acids is 1. The fraction of sp³-hybridized carbons (Fsp3) is 0.100. The predicted octanol–water partition coefficient (Wildman–Crippen LogP) is 2.69. The van der Waals surface area contributed by atoms with E-state index in [4.69, 9.17) is 11.6 Å². The average molecular weight is 412 g/mol. The van der Waals surface area contributed by atoms with Gasteiger partial charge in [-0.05, 0) is 35.9 Å². The molecule has 146 valence electrons. The van der Waals surface area contributed by atoms with Crippen molar-refractivity contribution in [2.45, 2.75) is 13.1 Å². The first kappa shape index (κ1) is 18.8. The Morgan fingerprint density at radius 2 is 1.90 bits per heavy atom. The molecule has 2 heterocycles. The summed E-state index contributed by atoms with van der Waals surface area (Å²) in [6.07, 6.45) is 2.67. The molecule has 0 spiro atoms. The molecule has 0 aliphatic heterocycles. The van der Waals surface area contributed by atoms with E-state index in [0.29, 0.717) is 16.4 Å². The Morgan fingerprint density at radius 1 is 1.14 bits per heavy atom. The third kappa shape index (κ3) is 3.88. The second-order valence-corrected chi connectivity index (χ2v) is 6.72. The molecule has 1 N–H and O–H groups in total. The van der Waals surface area contributed by atoms with Crippen LogP contribution in [-0.2, 0) is 17.9 Å². The molecule has 0 aliphatic carbocycles. The second kappa shape index (κ2) is 7.84. The largest absolute Gasteiger partial charge is 0.350 e. The Hall–Kier alpha value is -3.52. The molecule has 1 amide bonds. The van der Waals surface area contributed by atoms with E-state index in [1.807, 2.05) is 12.1 Å². The third-order valence-electron chi connectivity index (χ3n) is 4.37. The van der Waals surface area contributed by atoms with Crippen LogP contribution >= 0.6 is 11.6 Å². The number of aromatic nitrogens is 4. The van der Waals surface area contributed by atoms with Crippen LogP contribution in [0.2, 0.25) is 5.02 Å². The lowest BCUT2D eigenvalue weighted by Crippen LogP contribution is -2.32. The van der Waals surface area contributed by atoms with Crippen molar-refractivity contribution in [2.24, 2.45) is 0 Å². The predicted molar refractivity (Wildman–Crippen MR) is 106 cm³/mol. The highest BCUT2D eigenvalue weighted by Gasteiger charge is 2.13. The van der Waals surface area contributed by atoms with E-state index in [-0.39, 0.29) is 30.2 Å². The SMILES string of the molecule is O=C(Cn1cnc2c(cnn2-c2ccc(F)cc2)c1=O)NCc1ccccc1Cl. The molecule has 9 heteroatoms. The summed E-state index contributed by atoms with van der Waals surface area (Å²) in [5.41, 5.74) is 1.29. The van der Waals surface area contributed by atoms with Gasteiger partial charge in [-0.1, -0.05) is 29.8 Å². The number of nitrogens with one attached hydrogen (secondary N) is 1. The van der Waals surface area contributed by atoms with E-state index in [1.54, 1.807) is 12.1 Å². The van der Waals surface area contributed by atoms with Crippen molar-refractivity contribution in [3.8, 4) is 5.69 Å². The van der Waals surface area contributed by atoms with Gasteiger partial charge >= 0.3 is 0 Å². The molecule has 29 heavy (non-hydrogen) atoms. The normalized spacial score (nSPS) is 11.0. The molecule has 7 nitrogen and oxygen atoms in total. The Balaban J connectivity index is 1.53. The first-order chi connectivity index (χ1) is 14.0. The zero-order valence-corrected chi connectivity index (χ0v) is 15.8. The van der Waals surface area contributed by atoms with Crippen LogP contribution in [0.4, 0.5) is 4.39 Å². The number of amides is 1. The summed E-state index contributed by atoms with van der Waals surface area (Å²) < 4.78 is 15.8. The van der Waals surface area contributed by atoms with E-state index >= 15 is 0 Å². The molecule has 4 rings (SSSR count). The highest BCUT2D eigenvalue weighted by molar-refractivity contribution is 6.31. The van der Waals surface area contributed by atoms with Crippen molar-refractivity contribution < 1.29 is 9.18 Å². The van der Waals surface area contributed by atoms with Crippen molar-refractivity contribution in [2.75, 3.05) is 0 Å². The summed E-state index contributed by atoms with van der Waals surface area (Å²) in [6, 6.07) is 12.9. The molecule has 0 radical (unpaired) electrons. The maximum absolute atomic E-state index is 13.1. The fourth-order valence-corrected chi connectivity index (χ4v) is 3.08. The molecule has 0 atom stereocenters. The standard InChI is InChI=1S/C20H15ClFN5O2/c21-17-4-2-1-3-13(17)9-23-18(28)11-26-12-24-19-16(20(26)29)10-25-27(19)15-7-5-14(22)6-8-15/h1-8,10,12H,9,11H2,(H,23,28). The lowest BCUT2D eigenvalue weighted by Gasteiger charge is -2.09. The van der Waals surface area contributed by atoms with Crippen molar-refractivity contribution >= 4 is 28.5 Å². The monoisotopic (exact) mass is 411 g/mol. The summed E-state index contributed by atoms with van der Waals surface area (Å²) in [4.78, 5) is 29.2. The summed E-state index contributed by atoms with van der Waals surface area (Å²) in [5, 5.41) is 7.71. The van der Waals surface area contributed by atoms with E-state index in [0.717, 1.165) is 5.56 Å². The Labute approximate surface area is 169 Å². The Kier molecular flexibility index (Phi) is 5.09. The molecule has 2 aromatic carbocycles. The van der Waals surface area contributed by atoms with Crippen LogP contribution in [0, 0.1) is 5.82 Å². The molecule has 0 aliphatic rings. The van der Waals surface area contributed by atoms with Gasteiger partial charge in [-0.25, -0.2) is 14.1 Å². The van der Waals surface area contributed by atoms with Gasteiger partial charge in [0.1, 0.15) is 24.1 Å². The minimum Gasteiger partial charge on any atom is -0.350 e. The van der Waals surface area contributed by atoms with Gasteiger partial charge in [-0.15, -0.1) is 0 Å². The molecule has 0 unspecified atom stereocenters. The second-order valence-electron chi connectivity index (χ2n) is 6.32. The van der Waals surface area contributed by atoms with Gasteiger partial charge in [-0.3, -0.25) is 14.2 Å². The quantitative estimate of drug-likeness (QED) is 0.547. The van der Waals surface area contributed by atoms with Gasteiger partial charge in [0.05, 0.1) is 11.9 Å². The number of rotatable bonds is 5. The number of benzene rings is 2. The number of hydrogen-bond acceptors (Lipinski definition) is 4. The third-order valence-corrected chi connectivity index (χ3v) is 4.74. The highest BCUT2D eigenvalue weighted by Crippen LogP contribution is 2.15. The molecule has 0 saturated carbocycles. The van der Waals surface area contributed by atoms with Crippen LogP contribution in [0.15, 0.2) is 65.8 Å². The minimum absolute atomic E-state index is 0.187. The Bertz CT molecular complexity index is 1250. The molecule has 0 bridgehead atoms. The van der Waals surface area contributed by atoms with Crippen molar-refractivity contribution in [3.05, 3.63) is 87.8 Å². The zero-order chi connectivity index (χ0) is 20.4. The molecule has 0 fully saturated rings. The van der Waals surface area contributed by atoms with Gasteiger partial charge < -0.3 is 5.32 Å². The summed E-state index contributed by atoms with van der Waals surface area (Å²) in [5.74, 6) is -0.720. The van der Waals surface area contributed by atoms with Gasteiger partial charge in [0.2, 0.25) is 5.91 Å². The maximum atomic E-state index is 13.1. The molecule has 4 aromatic rings. The van der Waals surface area contributed by atoms with Crippen LogP contribution in [0.1, 0.15) is 5.56 Å². The maximum Gasteiger partial charge on any atom is 0.264 e. The topological polar surface area (TPSA) is 81.8 Å². The van der Waals surface area contributed by atoms with Gasteiger partial charge in [-0.2, -0.15) is 5.10 Å². The van der Waals surface area contributed by atoms with Crippen LogP contribution < -0.4 is 10.9 Å². The van der Waals surface area contributed by atoms with Crippen LogP contribution in [-0.4, -0.2) is 25.2 Å². The van der Waals surface area contributed by atoms with Crippen molar-refractivity contribution in [1.82, 2.24) is 24.6 Å². The summed E-state index contributed by atoms with van der Waals surface area (Å²) in [6.45, 7) is 0.0688. The smallest absolute Gasteiger partial charge is 0.264 e. The lowest BCUT2D eigenvalue weighted by atomic mass is 10.2. The number of fused-ring (bicyclic) bond motifs is 1.